The number of hydrogen-bond acceptors (Lipinski definition) is 3. The summed E-state index contributed by atoms with van der Waals surface area (Å²) >= 11 is 0. The Labute approximate surface area is 118 Å². The van der Waals surface area contributed by atoms with Crippen LogP contribution < -0.4 is 15.4 Å². The second-order valence-electron chi connectivity index (χ2n) is 5.37. The summed E-state index contributed by atoms with van der Waals surface area (Å²) in [4.78, 5) is 22.8. The van der Waals surface area contributed by atoms with Crippen molar-refractivity contribution in [1.29, 1.82) is 0 Å². The van der Waals surface area contributed by atoms with Gasteiger partial charge in [0, 0.05) is 13.0 Å². The predicted molar refractivity (Wildman–Crippen MR) is 76.7 cm³/mol. The molecule has 0 atom stereocenters. The molecule has 1 aromatic carbocycles. The van der Waals surface area contributed by atoms with Crippen molar-refractivity contribution < 1.29 is 14.3 Å². The van der Waals surface area contributed by atoms with E-state index in [9.17, 15) is 9.59 Å². The average molecular weight is 276 g/mol. The number of rotatable bonds is 5. The first kappa shape index (κ1) is 14.4. The minimum absolute atomic E-state index is 0.0671. The molecule has 20 heavy (non-hydrogen) atoms. The topological polar surface area (TPSA) is 67.4 Å². The third-order valence-corrected chi connectivity index (χ3v) is 3.01. The van der Waals surface area contributed by atoms with E-state index in [1.807, 2.05) is 32.0 Å². The van der Waals surface area contributed by atoms with Crippen molar-refractivity contribution in [3.8, 4) is 5.75 Å². The van der Waals surface area contributed by atoms with Gasteiger partial charge >= 0.3 is 0 Å². The van der Waals surface area contributed by atoms with Crippen LogP contribution >= 0.6 is 0 Å². The zero-order valence-electron chi connectivity index (χ0n) is 11.9. The van der Waals surface area contributed by atoms with Crippen molar-refractivity contribution in [2.45, 2.75) is 26.7 Å². The zero-order chi connectivity index (χ0) is 14.5. The molecule has 0 radical (unpaired) electrons. The second kappa shape index (κ2) is 6.41. The predicted octanol–water partition coefficient (Wildman–Crippen LogP) is 1.72. The summed E-state index contributed by atoms with van der Waals surface area (Å²) in [7, 11) is 0. The molecule has 5 heteroatoms. The molecular weight excluding hydrogens is 256 g/mol. The van der Waals surface area contributed by atoms with Crippen molar-refractivity contribution in [3.05, 3.63) is 23.8 Å². The molecule has 0 fully saturated rings. The van der Waals surface area contributed by atoms with Gasteiger partial charge in [0.1, 0.15) is 5.75 Å². The summed E-state index contributed by atoms with van der Waals surface area (Å²) in [6.07, 6.45) is 1.28. The van der Waals surface area contributed by atoms with Gasteiger partial charge in [-0.3, -0.25) is 9.59 Å². The van der Waals surface area contributed by atoms with Crippen molar-refractivity contribution in [1.82, 2.24) is 5.32 Å². The SMILES string of the molecule is CC(C)CC(=O)NCCc1ccc2c(c1)NC(=O)CO2. The lowest BCUT2D eigenvalue weighted by molar-refractivity contribution is -0.121. The number of nitrogens with one attached hydrogen (secondary N) is 2. The van der Waals surface area contributed by atoms with E-state index >= 15 is 0 Å². The molecule has 2 rings (SSSR count). The molecule has 0 aromatic heterocycles. The molecule has 1 heterocycles. The molecule has 0 aliphatic carbocycles. The van der Waals surface area contributed by atoms with E-state index in [0.717, 1.165) is 12.0 Å². The molecular formula is C15H20N2O3. The van der Waals surface area contributed by atoms with E-state index in [1.165, 1.54) is 0 Å². The number of fused-ring (bicyclic) bond motifs is 1. The van der Waals surface area contributed by atoms with Crippen LogP contribution in [-0.2, 0) is 16.0 Å². The Morgan fingerprint density at radius 2 is 2.25 bits per heavy atom. The van der Waals surface area contributed by atoms with Crippen molar-refractivity contribution in [3.63, 3.8) is 0 Å². The number of carbonyl (C=O) groups is 2. The number of hydrogen-bond donors (Lipinski definition) is 2. The van der Waals surface area contributed by atoms with E-state index < -0.39 is 0 Å². The van der Waals surface area contributed by atoms with Crippen LogP contribution in [-0.4, -0.2) is 25.0 Å². The Hall–Kier alpha value is -2.04. The molecule has 0 saturated heterocycles. The molecule has 0 unspecified atom stereocenters. The van der Waals surface area contributed by atoms with E-state index in [1.54, 1.807) is 0 Å². The normalized spacial score (nSPS) is 13.4. The highest BCUT2D eigenvalue weighted by Crippen LogP contribution is 2.28. The fourth-order valence-corrected chi connectivity index (χ4v) is 2.07. The first-order valence-corrected chi connectivity index (χ1v) is 6.87. The Kier molecular flexibility index (Phi) is 4.61. The summed E-state index contributed by atoms with van der Waals surface area (Å²) in [5, 5.41) is 5.67. The summed E-state index contributed by atoms with van der Waals surface area (Å²) in [6, 6.07) is 5.69. The average Bonchev–Trinajstić information content (AvgIpc) is 2.37. The van der Waals surface area contributed by atoms with Gasteiger partial charge in [0.05, 0.1) is 5.69 Å². The van der Waals surface area contributed by atoms with Crippen LogP contribution in [0.25, 0.3) is 0 Å². The summed E-state index contributed by atoms with van der Waals surface area (Å²) < 4.78 is 5.30. The van der Waals surface area contributed by atoms with Gasteiger partial charge < -0.3 is 15.4 Å². The quantitative estimate of drug-likeness (QED) is 0.860. The van der Waals surface area contributed by atoms with Gasteiger partial charge in [-0.25, -0.2) is 0 Å². The lowest BCUT2D eigenvalue weighted by Crippen LogP contribution is -2.27. The summed E-state index contributed by atoms with van der Waals surface area (Å²) in [5.74, 6) is 0.998. The minimum atomic E-state index is -0.139. The lowest BCUT2D eigenvalue weighted by atomic mass is 10.1. The molecule has 0 spiro atoms. The van der Waals surface area contributed by atoms with Crippen LogP contribution in [0.5, 0.6) is 5.75 Å². The van der Waals surface area contributed by atoms with E-state index in [0.29, 0.717) is 30.3 Å². The van der Waals surface area contributed by atoms with Crippen molar-refractivity contribution in [2.75, 3.05) is 18.5 Å². The maximum atomic E-state index is 11.5. The van der Waals surface area contributed by atoms with Gasteiger partial charge in [0.2, 0.25) is 5.91 Å². The third-order valence-electron chi connectivity index (χ3n) is 3.01. The highest BCUT2D eigenvalue weighted by Gasteiger charge is 2.15. The molecule has 0 saturated carbocycles. The summed E-state index contributed by atoms with van der Waals surface area (Å²) in [6.45, 7) is 4.70. The maximum absolute atomic E-state index is 11.5. The van der Waals surface area contributed by atoms with E-state index in [2.05, 4.69) is 10.6 Å². The first-order valence-electron chi connectivity index (χ1n) is 6.87. The van der Waals surface area contributed by atoms with Crippen molar-refractivity contribution in [2.24, 2.45) is 5.92 Å². The number of benzene rings is 1. The van der Waals surface area contributed by atoms with Gasteiger partial charge in [-0.1, -0.05) is 19.9 Å². The Bertz CT molecular complexity index is 512. The van der Waals surface area contributed by atoms with Crippen molar-refractivity contribution >= 4 is 17.5 Å². The number of carbonyl (C=O) groups excluding carboxylic acids is 2. The Balaban J connectivity index is 1.86. The van der Waals surface area contributed by atoms with Gasteiger partial charge in [0.25, 0.3) is 5.91 Å². The van der Waals surface area contributed by atoms with Gasteiger partial charge in [-0.15, -0.1) is 0 Å². The molecule has 2 N–H and O–H groups in total. The monoisotopic (exact) mass is 276 g/mol. The zero-order valence-corrected chi connectivity index (χ0v) is 11.9. The van der Waals surface area contributed by atoms with Gasteiger partial charge in [0.15, 0.2) is 6.61 Å². The van der Waals surface area contributed by atoms with Gasteiger partial charge in [-0.2, -0.15) is 0 Å². The molecule has 1 aliphatic rings. The molecule has 1 aromatic rings. The first-order chi connectivity index (χ1) is 9.54. The number of anilines is 1. The maximum Gasteiger partial charge on any atom is 0.262 e. The highest BCUT2D eigenvalue weighted by atomic mass is 16.5. The number of amides is 2. The highest BCUT2D eigenvalue weighted by molar-refractivity contribution is 5.95. The van der Waals surface area contributed by atoms with Crippen LogP contribution in [0.1, 0.15) is 25.8 Å². The molecule has 108 valence electrons. The van der Waals surface area contributed by atoms with Crippen LogP contribution in [0.3, 0.4) is 0 Å². The number of ether oxygens (including phenoxy) is 1. The van der Waals surface area contributed by atoms with Gasteiger partial charge in [-0.05, 0) is 30.0 Å². The van der Waals surface area contributed by atoms with E-state index in [-0.39, 0.29) is 18.4 Å². The minimum Gasteiger partial charge on any atom is -0.482 e. The molecule has 1 aliphatic heterocycles. The fraction of sp³-hybridized carbons (Fsp3) is 0.467. The lowest BCUT2D eigenvalue weighted by Gasteiger charge is -2.18. The van der Waals surface area contributed by atoms with Crippen LogP contribution in [0.15, 0.2) is 18.2 Å². The summed E-state index contributed by atoms with van der Waals surface area (Å²) in [5.41, 5.74) is 1.76. The largest absolute Gasteiger partial charge is 0.482 e. The van der Waals surface area contributed by atoms with Crippen LogP contribution in [0.2, 0.25) is 0 Å². The Morgan fingerprint density at radius 1 is 1.45 bits per heavy atom. The van der Waals surface area contributed by atoms with Crippen LogP contribution in [0, 0.1) is 5.92 Å². The Morgan fingerprint density at radius 3 is 3.00 bits per heavy atom. The third kappa shape index (κ3) is 3.98. The smallest absolute Gasteiger partial charge is 0.262 e. The second-order valence-corrected chi connectivity index (χ2v) is 5.37. The molecule has 0 bridgehead atoms. The van der Waals surface area contributed by atoms with E-state index in [4.69, 9.17) is 4.74 Å². The van der Waals surface area contributed by atoms with Crippen LogP contribution in [0.4, 0.5) is 5.69 Å². The fourth-order valence-electron chi connectivity index (χ4n) is 2.07. The molecule has 2 amide bonds. The molecule has 5 nitrogen and oxygen atoms in total. The standard InChI is InChI=1S/C15H20N2O3/c1-10(2)7-14(18)16-6-5-11-3-4-13-12(8-11)17-15(19)9-20-13/h3-4,8,10H,5-7,9H2,1-2H3,(H,16,18)(H,17,19).